The van der Waals surface area contributed by atoms with Crippen LogP contribution in [-0.2, 0) is 8.87 Å². The number of fused-ring (bicyclic) bond motifs is 1. The molecular weight excluding hydrogens is 360 g/mol. The highest BCUT2D eigenvalue weighted by atomic mass is 32.2. The maximum absolute atomic E-state index is 11.7. The Morgan fingerprint density at radius 1 is 1.21 bits per heavy atom. The number of hydrogen-bond acceptors (Lipinski definition) is 5. The summed E-state index contributed by atoms with van der Waals surface area (Å²) in [7, 11) is 0. The molecule has 0 spiro atoms. The third kappa shape index (κ3) is 3.45. The summed E-state index contributed by atoms with van der Waals surface area (Å²) in [5, 5.41) is 9.57. The molecule has 1 aliphatic heterocycles. The second kappa shape index (κ2) is 6.78. The van der Waals surface area contributed by atoms with E-state index in [4.69, 9.17) is 4.74 Å². The van der Waals surface area contributed by atoms with E-state index in [0.29, 0.717) is 34.8 Å². The molecule has 0 fully saturated rings. The zero-order valence-electron chi connectivity index (χ0n) is 12.6. The minimum absolute atomic E-state index is 0.200. The number of carbonyl (C=O) groups is 1. The summed E-state index contributed by atoms with van der Waals surface area (Å²) in [6, 6.07) is 12.6. The first-order valence-electron chi connectivity index (χ1n) is 7.34. The van der Waals surface area contributed by atoms with Crippen molar-refractivity contribution in [2.45, 2.75) is 15.4 Å². The average molecular weight is 377 g/mol. The van der Waals surface area contributed by atoms with Gasteiger partial charge in [-0.25, -0.2) is 4.79 Å². The predicted octanol–water partition coefficient (Wildman–Crippen LogP) is 4.40. The second-order valence-corrected chi connectivity index (χ2v) is 7.91. The fraction of sp³-hybridized carbons (Fsp3) is 0.167. The minimum Gasteiger partial charge on any atom is -0.493 e. The lowest BCUT2D eigenvalue weighted by atomic mass is 9.98. The molecule has 0 bridgehead atoms. The highest BCUT2D eigenvalue weighted by Crippen LogP contribution is 2.46. The molecule has 2 aromatic carbocycles. The fourth-order valence-electron chi connectivity index (χ4n) is 2.61. The van der Waals surface area contributed by atoms with Crippen LogP contribution in [0.2, 0.25) is 0 Å². The maximum Gasteiger partial charge on any atom is 0.336 e. The highest BCUT2D eigenvalue weighted by molar-refractivity contribution is 7.99. The fourth-order valence-corrected chi connectivity index (χ4v) is 3.39. The van der Waals surface area contributed by atoms with E-state index in [9.17, 15) is 9.90 Å². The van der Waals surface area contributed by atoms with Crippen LogP contribution in [0.5, 0.6) is 5.75 Å². The summed E-state index contributed by atoms with van der Waals surface area (Å²) in [5.41, 5.74) is 2.35. The van der Waals surface area contributed by atoms with Crippen LogP contribution in [-0.4, -0.2) is 17.7 Å². The van der Waals surface area contributed by atoms with Crippen molar-refractivity contribution in [3.63, 3.8) is 0 Å². The zero-order chi connectivity index (χ0) is 17.3. The molecule has 2 aromatic rings. The summed E-state index contributed by atoms with van der Waals surface area (Å²) < 4.78 is 5.03. The Morgan fingerprint density at radius 2 is 1.92 bits per heavy atom. The van der Waals surface area contributed by atoms with Crippen molar-refractivity contribution in [2.75, 3.05) is 6.61 Å². The van der Waals surface area contributed by atoms with E-state index < -0.39 is 10.0 Å². The molecule has 24 heavy (non-hydrogen) atoms. The third-order valence-corrected chi connectivity index (χ3v) is 5.20. The number of ether oxygens (including phenoxy) is 1. The molecule has 1 heterocycles. The normalized spacial score (nSPS) is 16.2. The van der Waals surface area contributed by atoms with Crippen LogP contribution in [0.4, 0.5) is 0 Å². The van der Waals surface area contributed by atoms with E-state index in [1.54, 1.807) is 36.4 Å². The van der Waals surface area contributed by atoms with Crippen molar-refractivity contribution in [1.82, 2.24) is 0 Å². The van der Waals surface area contributed by atoms with Crippen LogP contribution < -0.4 is 4.74 Å². The Morgan fingerprint density at radius 3 is 2.58 bits per heavy atom. The summed E-state index contributed by atoms with van der Waals surface area (Å²) in [6.45, 7) is 0.535. The van der Waals surface area contributed by atoms with Gasteiger partial charge in [0.15, 0.2) is 0 Å². The van der Waals surface area contributed by atoms with Gasteiger partial charge in [0.1, 0.15) is 5.75 Å². The van der Waals surface area contributed by atoms with Crippen molar-refractivity contribution in [3.8, 4) is 5.75 Å². The average Bonchev–Trinajstić information content (AvgIpc) is 2.53. The number of rotatable bonds is 3. The van der Waals surface area contributed by atoms with Crippen LogP contribution in [0.15, 0.2) is 47.4 Å². The van der Waals surface area contributed by atoms with E-state index in [2.05, 4.69) is 37.9 Å². The van der Waals surface area contributed by atoms with E-state index in [1.165, 1.54) is 0 Å². The number of hydrogen-bond donors (Lipinski definition) is 4. The van der Waals surface area contributed by atoms with Crippen LogP contribution in [0, 0.1) is 0 Å². The Kier molecular flexibility index (Phi) is 4.90. The first kappa shape index (κ1) is 17.3. The smallest absolute Gasteiger partial charge is 0.336 e. The van der Waals surface area contributed by atoms with Crippen LogP contribution in [0.3, 0.4) is 0 Å². The van der Waals surface area contributed by atoms with Gasteiger partial charge in [-0.2, -0.15) is 25.3 Å². The SMILES string of the molecule is O=C(O)C(=Cc1cc2c(cc1S)OCCC2(S)S)c1ccccc1. The van der Waals surface area contributed by atoms with Gasteiger partial charge in [0, 0.05) is 16.9 Å². The predicted molar refractivity (Wildman–Crippen MR) is 105 cm³/mol. The highest BCUT2D eigenvalue weighted by Gasteiger charge is 2.31. The number of benzene rings is 2. The molecule has 3 nitrogen and oxygen atoms in total. The van der Waals surface area contributed by atoms with Crippen LogP contribution in [0.25, 0.3) is 11.6 Å². The molecule has 0 saturated carbocycles. The van der Waals surface area contributed by atoms with Crippen molar-refractivity contribution in [1.29, 1.82) is 0 Å². The first-order chi connectivity index (χ1) is 11.4. The maximum atomic E-state index is 11.7. The standard InChI is InChI=1S/C18H16O3S3/c19-17(20)13(11-4-2-1-3-5-11)8-12-9-14-15(10-16(12)22)21-7-6-18(14,23)24/h1-5,8-10,22-24H,6-7H2,(H,19,20). The third-order valence-electron chi connectivity index (χ3n) is 3.88. The number of carboxylic acids is 1. The quantitative estimate of drug-likeness (QED) is 0.278. The molecule has 3 rings (SSSR count). The summed E-state index contributed by atoms with van der Waals surface area (Å²) in [6.07, 6.45) is 2.28. The van der Waals surface area contributed by atoms with E-state index in [1.807, 2.05) is 12.1 Å². The first-order valence-corrected chi connectivity index (χ1v) is 8.68. The van der Waals surface area contributed by atoms with Gasteiger partial charge in [-0.15, -0.1) is 12.6 Å². The molecule has 1 N–H and O–H groups in total. The summed E-state index contributed by atoms with van der Waals surface area (Å²) >= 11 is 13.7. The van der Waals surface area contributed by atoms with Gasteiger partial charge >= 0.3 is 5.97 Å². The van der Waals surface area contributed by atoms with Crippen molar-refractivity contribution in [3.05, 3.63) is 59.2 Å². The Balaban J connectivity index is 2.13. The second-order valence-electron chi connectivity index (χ2n) is 5.55. The van der Waals surface area contributed by atoms with Gasteiger partial charge in [-0.3, -0.25) is 0 Å². The van der Waals surface area contributed by atoms with Gasteiger partial charge in [0.05, 0.1) is 16.3 Å². The van der Waals surface area contributed by atoms with Gasteiger partial charge in [0.2, 0.25) is 0 Å². The topological polar surface area (TPSA) is 46.5 Å². The molecule has 0 atom stereocenters. The van der Waals surface area contributed by atoms with Crippen LogP contribution in [0.1, 0.15) is 23.1 Å². The molecule has 0 unspecified atom stereocenters. The molecule has 1 aliphatic rings. The van der Waals surface area contributed by atoms with Gasteiger partial charge in [0.25, 0.3) is 0 Å². The lowest BCUT2D eigenvalue weighted by Crippen LogP contribution is -2.22. The summed E-state index contributed by atoms with van der Waals surface area (Å²) in [4.78, 5) is 12.3. The molecule has 0 saturated heterocycles. The van der Waals surface area contributed by atoms with Gasteiger partial charge < -0.3 is 9.84 Å². The molecule has 0 amide bonds. The molecule has 0 aromatic heterocycles. The Labute approximate surface area is 157 Å². The van der Waals surface area contributed by atoms with Crippen molar-refractivity contribution >= 4 is 55.5 Å². The minimum atomic E-state index is -0.995. The molecule has 0 radical (unpaired) electrons. The van der Waals surface area contributed by atoms with E-state index in [-0.39, 0.29) is 5.57 Å². The number of aliphatic carboxylic acids is 1. The van der Waals surface area contributed by atoms with Gasteiger partial charge in [-0.1, -0.05) is 30.3 Å². The van der Waals surface area contributed by atoms with Crippen LogP contribution >= 0.6 is 37.9 Å². The monoisotopic (exact) mass is 376 g/mol. The molecule has 0 aliphatic carbocycles. The van der Waals surface area contributed by atoms with Gasteiger partial charge in [-0.05, 0) is 29.3 Å². The summed E-state index contributed by atoms with van der Waals surface area (Å²) in [5.74, 6) is -0.309. The van der Waals surface area contributed by atoms with E-state index in [0.717, 1.165) is 5.56 Å². The van der Waals surface area contributed by atoms with Crippen molar-refractivity contribution < 1.29 is 14.6 Å². The lowest BCUT2D eigenvalue weighted by molar-refractivity contribution is -0.130. The van der Waals surface area contributed by atoms with Crippen molar-refractivity contribution in [2.24, 2.45) is 0 Å². The Hall–Kier alpha value is -1.50. The molecule has 6 heteroatoms. The number of carboxylic acid groups (broad SMARTS) is 1. The molecule has 124 valence electrons. The number of thiol groups is 3. The van der Waals surface area contributed by atoms with E-state index >= 15 is 0 Å². The molecular formula is C18H16O3S3. The Bertz CT molecular complexity index is 814. The lowest BCUT2D eigenvalue weighted by Gasteiger charge is -2.31. The largest absolute Gasteiger partial charge is 0.493 e. The zero-order valence-corrected chi connectivity index (χ0v) is 15.3.